The number of aromatic nitrogens is 1. The van der Waals surface area contributed by atoms with Crippen molar-refractivity contribution in [2.45, 2.75) is 19.8 Å². The molecule has 0 aliphatic heterocycles. The maximum atomic E-state index is 9.71. The van der Waals surface area contributed by atoms with Gasteiger partial charge in [0.15, 0.2) is 0 Å². The maximum Gasteiger partial charge on any atom is 0.484 e. The Kier molecular flexibility index (Phi) is 4.99. The molecule has 1 aliphatic rings. The number of allylic oxidation sites excluding steroid dienone is 4. The van der Waals surface area contributed by atoms with Crippen molar-refractivity contribution in [3.63, 3.8) is 0 Å². The molecule has 0 saturated carbocycles. The number of rotatable bonds is 4. The summed E-state index contributed by atoms with van der Waals surface area (Å²) in [4.78, 5) is 0. The van der Waals surface area contributed by atoms with Crippen molar-refractivity contribution in [2.75, 3.05) is 0 Å². The molecule has 6 aromatic rings. The Morgan fingerprint density at radius 1 is 0.838 bits per heavy atom. The molecule has 6 heteroatoms. The standard InChI is InChI=1S/C31H24BNO4/c1-2-3-4-8-21-14-19-7-5-6-9-27(19)33(21)22-11-13-29-24(16-22)26-17-25-23-15-20(32(34)35)10-12-28(23)36-30(25)18-31(26)37-29/h2-9,11,13-18,34-35H,10,12H2,1H3/b3-2-,8-4-. The molecular formula is C31H24BNO4. The van der Waals surface area contributed by atoms with Crippen molar-refractivity contribution < 1.29 is 18.9 Å². The topological polar surface area (TPSA) is 71.7 Å². The van der Waals surface area contributed by atoms with Crippen LogP contribution in [0.2, 0.25) is 0 Å². The summed E-state index contributed by atoms with van der Waals surface area (Å²) >= 11 is 0. The van der Waals surface area contributed by atoms with Gasteiger partial charge in [0.25, 0.3) is 0 Å². The van der Waals surface area contributed by atoms with Gasteiger partial charge in [0, 0.05) is 51.0 Å². The number of aryl methyl sites for hydroxylation is 1. The first-order valence-electron chi connectivity index (χ1n) is 12.5. The Morgan fingerprint density at radius 2 is 1.68 bits per heavy atom. The lowest BCUT2D eigenvalue weighted by Gasteiger charge is -2.11. The first-order valence-corrected chi connectivity index (χ1v) is 12.5. The lowest BCUT2D eigenvalue weighted by atomic mass is 9.73. The van der Waals surface area contributed by atoms with Crippen LogP contribution in [0.15, 0.2) is 93.2 Å². The van der Waals surface area contributed by atoms with E-state index in [-0.39, 0.29) is 0 Å². The highest BCUT2D eigenvalue weighted by atomic mass is 16.4. The van der Waals surface area contributed by atoms with Crippen molar-refractivity contribution >= 4 is 63.1 Å². The molecule has 0 atom stereocenters. The van der Waals surface area contributed by atoms with E-state index in [0.717, 1.165) is 61.1 Å². The summed E-state index contributed by atoms with van der Waals surface area (Å²) in [6.07, 6.45) is 11.3. The molecule has 0 radical (unpaired) electrons. The summed E-state index contributed by atoms with van der Waals surface area (Å²) in [7, 11) is -1.45. The Hall–Kier alpha value is -4.26. The molecule has 3 heterocycles. The number of furan rings is 2. The molecule has 3 aromatic carbocycles. The number of hydrogen-bond donors (Lipinski definition) is 2. The van der Waals surface area contributed by atoms with Gasteiger partial charge in [-0.3, -0.25) is 0 Å². The first kappa shape index (κ1) is 22.0. The second-order valence-corrected chi connectivity index (χ2v) is 9.51. The number of nitrogens with zero attached hydrogens (tertiary/aromatic N) is 1. The fraction of sp³-hybridized carbons (Fsp3) is 0.0968. The average molecular weight is 485 g/mol. The fourth-order valence-corrected chi connectivity index (χ4v) is 5.48. The molecule has 180 valence electrons. The minimum Gasteiger partial charge on any atom is -0.460 e. The Morgan fingerprint density at radius 3 is 2.54 bits per heavy atom. The SMILES string of the molecule is C/C=C\C=C/c1cc2ccccc2n1-c1ccc2oc3cc4oc5c(c4cc3c2c1)C=C(B(O)O)CC5. The van der Waals surface area contributed by atoms with E-state index in [1.54, 1.807) is 0 Å². The van der Waals surface area contributed by atoms with Crippen LogP contribution in [0.5, 0.6) is 0 Å². The molecule has 0 fully saturated rings. The quantitative estimate of drug-likeness (QED) is 0.205. The summed E-state index contributed by atoms with van der Waals surface area (Å²) in [5.41, 5.74) is 7.13. The van der Waals surface area contributed by atoms with Crippen molar-refractivity contribution in [2.24, 2.45) is 0 Å². The van der Waals surface area contributed by atoms with Gasteiger partial charge in [-0.25, -0.2) is 0 Å². The molecule has 7 rings (SSSR count). The summed E-state index contributed by atoms with van der Waals surface area (Å²) in [5.74, 6) is 0.869. The first-order chi connectivity index (χ1) is 18.1. The zero-order chi connectivity index (χ0) is 25.1. The third-order valence-electron chi connectivity index (χ3n) is 7.25. The fourth-order valence-electron chi connectivity index (χ4n) is 5.48. The van der Waals surface area contributed by atoms with Gasteiger partial charge in [-0.1, -0.05) is 42.5 Å². The van der Waals surface area contributed by atoms with Crippen molar-refractivity contribution in [3.8, 4) is 5.69 Å². The Labute approximate surface area is 213 Å². The van der Waals surface area contributed by atoms with E-state index >= 15 is 0 Å². The zero-order valence-electron chi connectivity index (χ0n) is 20.3. The monoisotopic (exact) mass is 485 g/mol. The van der Waals surface area contributed by atoms with Gasteiger partial charge in [0.2, 0.25) is 0 Å². The minimum absolute atomic E-state index is 0.572. The Balaban J connectivity index is 1.45. The van der Waals surface area contributed by atoms with E-state index in [1.807, 2.05) is 37.3 Å². The van der Waals surface area contributed by atoms with E-state index in [1.165, 1.54) is 5.39 Å². The molecule has 2 N–H and O–H groups in total. The lowest BCUT2D eigenvalue weighted by molar-refractivity contribution is 0.415. The molecule has 0 saturated heterocycles. The van der Waals surface area contributed by atoms with Gasteiger partial charge < -0.3 is 23.4 Å². The number of benzene rings is 3. The van der Waals surface area contributed by atoms with E-state index in [9.17, 15) is 10.0 Å². The predicted molar refractivity (Wildman–Crippen MR) is 151 cm³/mol. The van der Waals surface area contributed by atoms with Gasteiger partial charge in [-0.15, -0.1) is 0 Å². The van der Waals surface area contributed by atoms with Crippen LogP contribution in [0.4, 0.5) is 0 Å². The highest BCUT2D eigenvalue weighted by Crippen LogP contribution is 2.39. The van der Waals surface area contributed by atoms with Crippen LogP contribution in [0.3, 0.4) is 0 Å². The number of para-hydroxylation sites is 1. The number of fused-ring (bicyclic) bond motifs is 7. The predicted octanol–water partition coefficient (Wildman–Crippen LogP) is 7.21. The summed E-state index contributed by atoms with van der Waals surface area (Å²) in [6.45, 7) is 2.01. The van der Waals surface area contributed by atoms with Crippen molar-refractivity contribution in [1.82, 2.24) is 4.57 Å². The molecule has 0 spiro atoms. The van der Waals surface area contributed by atoms with Crippen LogP contribution in [0, 0.1) is 0 Å². The summed E-state index contributed by atoms with van der Waals surface area (Å²) < 4.78 is 14.6. The molecular weight excluding hydrogens is 461 g/mol. The highest BCUT2D eigenvalue weighted by Gasteiger charge is 2.24. The highest BCUT2D eigenvalue weighted by molar-refractivity contribution is 6.52. The van der Waals surface area contributed by atoms with Crippen molar-refractivity contribution in [3.05, 3.63) is 101 Å². The molecule has 0 unspecified atom stereocenters. The normalized spacial score (nSPS) is 14.1. The minimum atomic E-state index is -1.45. The second-order valence-electron chi connectivity index (χ2n) is 9.51. The third kappa shape index (κ3) is 3.49. The lowest BCUT2D eigenvalue weighted by Crippen LogP contribution is -2.17. The van der Waals surface area contributed by atoms with E-state index in [0.29, 0.717) is 18.3 Å². The summed E-state index contributed by atoms with van der Waals surface area (Å²) in [5, 5.41) is 23.6. The van der Waals surface area contributed by atoms with Crippen LogP contribution >= 0.6 is 0 Å². The molecule has 37 heavy (non-hydrogen) atoms. The zero-order valence-corrected chi connectivity index (χ0v) is 20.3. The number of hydrogen-bond acceptors (Lipinski definition) is 4. The largest absolute Gasteiger partial charge is 0.484 e. The van der Waals surface area contributed by atoms with Crippen LogP contribution in [0.25, 0.3) is 61.7 Å². The Bertz CT molecular complexity index is 1930. The smallest absolute Gasteiger partial charge is 0.460 e. The van der Waals surface area contributed by atoms with Crippen molar-refractivity contribution in [1.29, 1.82) is 0 Å². The molecule has 5 nitrogen and oxygen atoms in total. The van der Waals surface area contributed by atoms with Gasteiger partial charge in [0.05, 0.1) is 5.52 Å². The third-order valence-corrected chi connectivity index (χ3v) is 7.25. The van der Waals surface area contributed by atoms with Crippen LogP contribution < -0.4 is 0 Å². The van der Waals surface area contributed by atoms with Gasteiger partial charge >= 0.3 is 7.12 Å². The maximum absolute atomic E-state index is 9.71. The van der Waals surface area contributed by atoms with Gasteiger partial charge in [-0.2, -0.15) is 0 Å². The molecule has 1 aliphatic carbocycles. The molecule has 3 aromatic heterocycles. The molecule has 0 amide bonds. The summed E-state index contributed by atoms with van der Waals surface area (Å²) in [6, 6.07) is 20.9. The second kappa shape index (κ2) is 8.41. The van der Waals surface area contributed by atoms with Crippen LogP contribution in [-0.4, -0.2) is 21.7 Å². The van der Waals surface area contributed by atoms with Gasteiger partial charge in [-0.05, 0) is 61.3 Å². The van der Waals surface area contributed by atoms with E-state index < -0.39 is 7.12 Å². The van der Waals surface area contributed by atoms with Crippen LogP contribution in [0.1, 0.15) is 30.4 Å². The van der Waals surface area contributed by atoms with Crippen LogP contribution in [-0.2, 0) is 6.42 Å². The van der Waals surface area contributed by atoms with Gasteiger partial charge in [0.1, 0.15) is 22.5 Å². The van der Waals surface area contributed by atoms with E-state index in [2.05, 4.69) is 65.3 Å². The molecule has 0 bridgehead atoms. The average Bonchev–Trinajstić information content (AvgIpc) is 3.57. The van der Waals surface area contributed by atoms with E-state index in [4.69, 9.17) is 8.83 Å².